The number of thiazole rings is 1. The fourth-order valence-corrected chi connectivity index (χ4v) is 3.21. The lowest BCUT2D eigenvalue weighted by Gasteiger charge is -1.96. The summed E-state index contributed by atoms with van der Waals surface area (Å²) in [4.78, 5) is 15.7. The second-order valence-corrected chi connectivity index (χ2v) is 6.77. The lowest BCUT2D eigenvalue weighted by molar-refractivity contribution is 0.712. The molecule has 0 bridgehead atoms. The van der Waals surface area contributed by atoms with Gasteiger partial charge in [-0.25, -0.2) is 4.98 Å². The Labute approximate surface area is 152 Å². The highest BCUT2D eigenvalue weighted by Crippen LogP contribution is 2.21. The van der Waals surface area contributed by atoms with E-state index in [-0.39, 0.29) is 20.4 Å². The third kappa shape index (κ3) is 4.36. The summed E-state index contributed by atoms with van der Waals surface area (Å²) >= 11 is 1.76. The third-order valence-electron chi connectivity index (χ3n) is 3.40. The number of rotatable bonds is 0. The number of hydrogen-bond donors (Lipinski definition) is 0. The SMILES string of the molecule is C.C.CC1=Nn2c(nnc(C)c2=O)C1.Cc1ccc2nc(C)sc2c1. The van der Waals surface area contributed by atoms with Crippen LogP contribution in [0.5, 0.6) is 0 Å². The van der Waals surface area contributed by atoms with E-state index < -0.39 is 0 Å². The molecule has 0 amide bonds. The van der Waals surface area contributed by atoms with E-state index in [1.807, 2.05) is 13.8 Å². The van der Waals surface area contributed by atoms with Gasteiger partial charge in [0, 0.05) is 12.1 Å². The molecule has 1 aliphatic rings. The Morgan fingerprint density at radius 1 is 1.08 bits per heavy atom. The summed E-state index contributed by atoms with van der Waals surface area (Å²) in [7, 11) is 0. The Morgan fingerprint density at radius 3 is 2.52 bits per heavy atom. The molecule has 0 radical (unpaired) electrons. The van der Waals surface area contributed by atoms with Crippen LogP contribution in [0.1, 0.15) is 43.9 Å². The first-order valence-electron chi connectivity index (χ1n) is 7.27. The van der Waals surface area contributed by atoms with Crippen LogP contribution in [0.3, 0.4) is 0 Å². The molecule has 0 atom stereocenters. The highest BCUT2D eigenvalue weighted by atomic mass is 32.1. The second-order valence-electron chi connectivity index (χ2n) is 5.53. The maximum atomic E-state index is 11.4. The maximum absolute atomic E-state index is 11.4. The Hall–Kier alpha value is -2.41. The number of fused-ring (bicyclic) bond motifs is 2. The molecule has 7 heteroatoms. The van der Waals surface area contributed by atoms with Crippen molar-refractivity contribution in [1.29, 1.82) is 0 Å². The zero-order valence-corrected chi connectivity index (χ0v) is 14.3. The molecule has 0 saturated carbocycles. The molecule has 1 aliphatic heterocycles. The molecular weight excluding hydrogens is 334 g/mol. The van der Waals surface area contributed by atoms with Gasteiger partial charge in [-0.2, -0.15) is 9.78 Å². The van der Waals surface area contributed by atoms with Crippen molar-refractivity contribution in [1.82, 2.24) is 19.9 Å². The Morgan fingerprint density at radius 2 is 1.80 bits per heavy atom. The van der Waals surface area contributed by atoms with Crippen molar-refractivity contribution < 1.29 is 0 Å². The van der Waals surface area contributed by atoms with Gasteiger partial charge in [0.1, 0.15) is 5.69 Å². The van der Waals surface area contributed by atoms with Gasteiger partial charge in [0.05, 0.1) is 15.2 Å². The Bertz CT molecular complexity index is 971. The largest absolute Gasteiger partial charge is 0.295 e. The van der Waals surface area contributed by atoms with E-state index >= 15 is 0 Å². The molecule has 134 valence electrons. The van der Waals surface area contributed by atoms with Crippen LogP contribution in [-0.2, 0) is 6.42 Å². The van der Waals surface area contributed by atoms with Crippen LogP contribution in [-0.4, -0.2) is 25.6 Å². The normalized spacial score (nSPS) is 11.6. The highest BCUT2D eigenvalue weighted by Gasteiger charge is 2.15. The topological polar surface area (TPSA) is 73.0 Å². The van der Waals surface area contributed by atoms with Gasteiger partial charge in [-0.3, -0.25) is 4.79 Å². The molecule has 0 saturated heterocycles. The predicted octanol–water partition coefficient (Wildman–Crippen LogP) is 3.91. The molecule has 2 aromatic heterocycles. The van der Waals surface area contributed by atoms with Crippen molar-refractivity contribution in [3.8, 4) is 0 Å². The summed E-state index contributed by atoms with van der Waals surface area (Å²) in [5.74, 6) is 0.628. The van der Waals surface area contributed by atoms with E-state index in [0.717, 1.165) is 16.2 Å². The lowest BCUT2D eigenvalue weighted by Crippen LogP contribution is -2.22. The fourth-order valence-electron chi connectivity index (χ4n) is 2.28. The molecule has 3 aromatic rings. The van der Waals surface area contributed by atoms with Crippen LogP contribution in [0.4, 0.5) is 0 Å². The molecule has 6 nitrogen and oxygen atoms in total. The van der Waals surface area contributed by atoms with E-state index in [9.17, 15) is 4.79 Å². The summed E-state index contributed by atoms with van der Waals surface area (Å²) in [6, 6.07) is 6.36. The third-order valence-corrected chi connectivity index (χ3v) is 4.33. The van der Waals surface area contributed by atoms with Crippen molar-refractivity contribution in [2.75, 3.05) is 0 Å². The molecule has 1 aromatic carbocycles. The summed E-state index contributed by atoms with van der Waals surface area (Å²) in [5.41, 5.74) is 3.54. The minimum absolute atomic E-state index is 0. The number of benzene rings is 1. The van der Waals surface area contributed by atoms with Crippen molar-refractivity contribution in [2.45, 2.75) is 49.0 Å². The lowest BCUT2D eigenvalue weighted by atomic mass is 10.2. The summed E-state index contributed by atoms with van der Waals surface area (Å²) < 4.78 is 2.61. The van der Waals surface area contributed by atoms with Gasteiger partial charge < -0.3 is 0 Å². The molecule has 0 N–H and O–H groups in total. The number of aromatic nitrogens is 4. The van der Waals surface area contributed by atoms with Gasteiger partial charge >= 0.3 is 0 Å². The highest BCUT2D eigenvalue weighted by molar-refractivity contribution is 7.18. The minimum atomic E-state index is -0.170. The molecule has 0 fully saturated rings. The smallest absolute Gasteiger partial charge is 0.265 e. The molecule has 0 aliphatic carbocycles. The number of aryl methyl sites for hydroxylation is 3. The van der Waals surface area contributed by atoms with Crippen molar-refractivity contribution in [3.05, 3.63) is 50.6 Å². The predicted molar refractivity (Wildman–Crippen MR) is 106 cm³/mol. The van der Waals surface area contributed by atoms with Crippen molar-refractivity contribution >= 4 is 27.3 Å². The number of hydrogen-bond acceptors (Lipinski definition) is 6. The standard InChI is InChI=1S/C9H9NS.C7H8N4O.2CH4/c1-6-3-4-8-9(5-6)11-7(2)10-8;1-4-3-6-9-8-5(2)7(12)11(6)10-4;;/h3-5H,1-2H3;3H2,1-2H3;2*1H4. The summed E-state index contributed by atoms with van der Waals surface area (Å²) in [5, 5.41) is 12.8. The summed E-state index contributed by atoms with van der Waals surface area (Å²) in [6.45, 7) is 7.64. The molecule has 4 rings (SSSR count). The van der Waals surface area contributed by atoms with E-state index in [0.29, 0.717) is 17.9 Å². The van der Waals surface area contributed by atoms with Gasteiger partial charge in [-0.05, 0) is 45.4 Å². The molecule has 25 heavy (non-hydrogen) atoms. The van der Waals surface area contributed by atoms with Crippen LogP contribution < -0.4 is 5.56 Å². The van der Waals surface area contributed by atoms with E-state index in [1.165, 1.54) is 14.9 Å². The monoisotopic (exact) mass is 359 g/mol. The molecule has 0 spiro atoms. The van der Waals surface area contributed by atoms with Crippen LogP contribution in [0.2, 0.25) is 0 Å². The van der Waals surface area contributed by atoms with Gasteiger partial charge in [-0.1, -0.05) is 20.9 Å². The zero-order valence-electron chi connectivity index (χ0n) is 13.5. The minimum Gasteiger partial charge on any atom is -0.265 e. The van der Waals surface area contributed by atoms with Crippen LogP contribution >= 0.6 is 11.3 Å². The fraction of sp³-hybridized carbons (Fsp3) is 0.389. The van der Waals surface area contributed by atoms with Gasteiger partial charge in [0.25, 0.3) is 5.56 Å². The van der Waals surface area contributed by atoms with Crippen molar-refractivity contribution in [2.24, 2.45) is 5.10 Å². The van der Waals surface area contributed by atoms with Gasteiger partial charge in [-0.15, -0.1) is 21.5 Å². The van der Waals surface area contributed by atoms with Crippen molar-refractivity contribution in [3.63, 3.8) is 0 Å². The Balaban J connectivity index is 0.000000232. The van der Waals surface area contributed by atoms with E-state index in [4.69, 9.17) is 0 Å². The van der Waals surface area contributed by atoms with Gasteiger partial charge in [0.2, 0.25) is 0 Å². The molecule has 0 unspecified atom stereocenters. The second kappa shape index (κ2) is 8.11. The summed E-state index contributed by atoms with van der Waals surface area (Å²) in [6.07, 6.45) is 0.628. The first-order valence-corrected chi connectivity index (χ1v) is 8.09. The quantitative estimate of drug-likeness (QED) is 0.610. The zero-order chi connectivity index (χ0) is 16.6. The number of nitrogens with zero attached hydrogens (tertiary/aromatic N) is 5. The van der Waals surface area contributed by atoms with Crippen LogP contribution in [0.15, 0.2) is 28.1 Å². The average molecular weight is 359 g/mol. The van der Waals surface area contributed by atoms with E-state index in [1.54, 1.807) is 18.3 Å². The Kier molecular flexibility index (Phi) is 6.70. The van der Waals surface area contributed by atoms with Gasteiger partial charge in [0.15, 0.2) is 5.82 Å². The average Bonchev–Trinajstić information content (AvgIpc) is 3.05. The van der Waals surface area contributed by atoms with Crippen LogP contribution in [0.25, 0.3) is 10.2 Å². The maximum Gasteiger partial charge on any atom is 0.295 e. The van der Waals surface area contributed by atoms with E-state index in [2.05, 4.69) is 45.4 Å². The van der Waals surface area contributed by atoms with Crippen LogP contribution in [0, 0.1) is 20.8 Å². The first kappa shape index (κ1) is 20.6. The first-order chi connectivity index (χ1) is 10.9. The molecule has 3 heterocycles. The molecular formula is C18H25N5OS.